The maximum Gasteiger partial charge on any atom is 0.323 e. The average molecular weight is 160 g/mol. The van der Waals surface area contributed by atoms with Gasteiger partial charge in [-0.05, 0) is 5.56 Å². The van der Waals surface area contributed by atoms with Crippen LogP contribution in [0.4, 0.5) is 0 Å². The number of H-pyrrole nitrogens is 2. The molecule has 3 nitrogen and oxygen atoms in total. The van der Waals surface area contributed by atoms with Crippen LogP contribution in [0, 0.1) is 0 Å². The zero-order valence-electron chi connectivity index (χ0n) is 6.37. The van der Waals surface area contributed by atoms with E-state index in [1.165, 1.54) is 0 Å². The van der Waals surface area contributed by atoms with Crippen molar-refractivity contribution in [1.29, 1.82) is 0 Å². The van der Waals surface area contributed by atoms with Crippen molar-refractivity contribution in [3.63, 3.8) is 0 Å². The maximum atomic E-state index is 10.8. The van der Waals surface area contributed by atoms with E-state index in [9.17, 15) is 4.79 Å². The van der Waals surface area contributed by atoms with Crippen molar-refractivity contribution in [3.05, 3.63) is 47.0 Å². The first kappa shape index (κ1) is 6.91. The number of nitrogens with one attached hydrogen (secondary N) is 2. The summed E-state index contributed by atoms with van der Waals surface area (Å²) in [7, 11) is 0. The molecular weight excluding hydrogens is 152 g/mol. The van der Waals surface area contributed by atoms with Crippen LogP contribution >= 0.6 is 0 Å². The third-order valence-electron chi connectivity index (χ3n) is 1.68. The molecule has 2 rings (SSSR count). The van der Waals surface area contributed by atoms with Crippen LogP contribution in [0.15, 0.2) is 41.3 Å². The summed E-state index contributed by atoms with van der Waals surface area (Å²) in [5.74, 6) is 0. The number of aromatic nitrogens is 2. The molecule has 0 atom stereocenters. The summed E-state index contributed by atoms with van der Waals surface area (Å²) in [5.41, 5.74) is 1.66. The van der Waals surface area contributed by atoms with Gasteiger partial charge in [0.25, 0.3) is 0 Å². The Balaban J connectivity index is 2.51. The van der Waals surface area contributed by atoms with E-state index >= 15 is 0 Å². The van der Waals surface area contributed by atoms with E-state index < -0.39 is 0 Å². The van der Waals surface area contributed by atoms with E-state index in [1.807, 2.05) is 30.3 Å². The van der Waals surface area contributed by atoms with Gasteiger partial charge in [-0.3, -0.25) is 0 Å². The van der Waals surface area contributed by atoms with Gasteiger partial charge < -0.3 is 9.97 Å². The first-order chi connectivity index (χ1) is 5.86. The highest BCUT2D eigenvalue weighted by Crippen LogP contribution is 2.12. The van der Waals surface area contributed by atoms with Gasteiger partial charge >= 0.3 is 5.69 Å². The monoisotopic (exact) mass is 160 g/mol. The summed E-state index contributed by atoms with van der Waals surface area (Å²) in [6.45, 7) is 0. The maximum absolute atomic E-state index is 10.8. The van der Waals surface area contributed by atoms with Gasteiger partial charge in [0.05, 0.1) is 5.69 Å². The highest BCUT2D eigenvalue weighted by atomic mass is 16.1. The molecule has 2 aromatic rings. The smallest absolute Gasteiger partial charge is 0.312 e. The molecule has 0 aliphatic carbocycles. The lowest BCUT2D eigenvalue weighted by Gasteiger charge is -1.93. The fourth-order valence-electron chi connectivity index (χ4n) is 1.11. The Bertz CT molecular complexity index is 413. The van der Waals surface area contributed by atoms with Crippen LogP contribution in [0.3, 0.4) is 0 Å². The minimum Gasteiger partial charge on any atom is -0.312 e. The Morgan fingerprint density at radius 1 is 1.08 bits per heavy atom. The van der Waals surface area contributed by atoms with Gasteiger partial charge in [-0.2, -0.15) is 0 Å². The highest BCUT2D eigenvalue weighted by Gasteiger charge is 1.96. The number of benzene rings is 1. The molecule has 0 radical (unpaired) electrons. The van der Waals surface area contributed by atoms with Crippen molar-refractivity contribution < 1.29 is 0 Å². The molecule has 1 aromatic carbocycles. The second kappa shape index (κ2) is 2.70. The lowest BCUT2D eigenvalue weighted by molar-refractivity contribution is 1.19. The van der Waals surface area contributed by atoms with Crippen LogP contribution in [0.2, 0.25) is 0 Å². The Labute approximate surface area is 69.1 Å². The van der Waals surface area contributed by atoms with Gasteiger partial charge in [0.1, 0.15) is 0 Å². The zero-order chi connectivity index (χ0) is 8.39. The molecule has 0 saturated carbocycles. The molecule has 0 unspecified atom stereocenters. The quantitative estimate of drug-likeness (QED) is 0.650. The van der Waals surface area contributed by atoms with Gasteiger partial charge in [-0.25, -0.2) is 4.79 Å². The Morgan fingerprint density at radius 3 is 2.42 bits per heavy atom. The predicted octanol–water partition coefficient (Wildman–Crippen LogP) is 1.37. The van der Waals surface area contributed by atoms with E-state index in [2.05, 4.69) is 9.97 Å². The summed E-state index contributed by atoms with van der Waals surface area (Å²) in [6, 6.07) is 9.69. The fourth-order valence-corrected chi connectivity index (χ4v) is 1.11. The summed E-state index contributed by atoms with van der Waals surface area (Å²) in [6.07, 6.45) is 1.66. The van der Waals surface area contributed by atoms with Gasteiger partial charge in [-0.1, -0.05) is 30.3 Å². The molecule has 0 fully saturated rings. The summed E-state index contributed by atoms with van der Waals surface area (Å²) in [5, 5.41) is 0. The third-order valence-corrected chi connectivity index (χ3v) is 1.68. The van der Waals surface area contributed by atoms with Crippen LogP contribution in [0.1, 0.15) is 0 Å². The molecule has 3 heteroatoms. The van der Waals surface area contributed by atoms with Crippen LogP contribution in [0.25, 0.3) is 11.3 Å². The second-order valence-electron chi connectivity index (χ2n) is 2.52. The fraction of sp³-hybridized carbons (Fsp3) is 0. The van der Waals surface area contributed by atoms with Gasteiger partial charge in [-0.15, -0.1) is 0 Å². The van der Waals surface area contributed by atoms with Crippen LogP contribution in [-0.4, -0.2) is 9.97 Å². The Kier molecular flexibility index (Phi) is 1.55. The van der Waals surface area contributed by atoms with Crippen molar-refractivity contribution in [2.75, 3.05) is 0 Å². The van der Waals surface area contributed by atoms with E-state index in [-0.39, 0.29) is 5.69 Å². The zero-order valence-corrected chi connectivity index (χ0v) is 6.37. The first-order valence-electron chi connectivity index (χ1n) is 3.69. The topological polar surface area (TPSA) is 48.6 Å². The molecule has 1 aromatic heterocycles. The summed E-state index contributed by atoms with van der Waals surface area (Å²) >= 11 is 0. The minimum atomic E-state index is -0.172. The van der Waals surface area contributed by atoms with Crippen molar-refractivity contribution in [3.8, 4) is 11.3 Å². The van der Waals surface area contributed by atoms with E-state index in [0.29, 0.717) is 0 Å². The van der Waals surface area contributed by atoms with Crippen molar-refractivity contribution >= 4 is 0 Å². The molecule has 0 aliphatic rings. The van der Waals surface area contributed by atoms with Crippen molar-refractivity contribution in [1.82, 2.24) is 9.97 Å². The minimum absolute atomic E-state index is 0.172. The molecule has 2 N–H and O–H groups in total. The number of hydrogen-bond acceptors (Lipinski definition) is 1. The summed E-state index contributed by atoms with van der Waals surface area (Å²) in [4.78, 5) is 16.0. The molecule has 60 valence electrons. The predicted molar refractivity (Wildman–Crippen MR) is 46.8 cm³/mol. The number of imidazole rings is 1. The second-order valence-corrected chi connectivity index (χ2v) is 2.52. The highest BCUT2D eigenvalue weighted by molar-refractivity contribution is 5.57. The van der Waals surface area contributed by atoms with E-state index in [1.54, 1.807) is 6.20 Å². The lowest BCUT2D eigenvalue weighted by atomic mass is 10.2. The Morgan fingerprint density at radius 2 is 1.83 bits per heavy atom. The summed E-state index contributed by atoms with van der Waals surface area (Å²) < 4.78 is 0. The molecule has 0 aliphatic heterocycles. The first-order valence-corrected chi connectivity index (χ1v) is 3.69. The van der Waals surface area contributed by atoms with E-state index in [4.69, 9.17) is 0 Å². The largest absolute Gasteiger partial charge is 0.323 e. The molecule has 12 heavy (non-hydrogen) atoms. The van der Waals surface area contributed by atoms with Crippen LogP contribution in [-0.2, 0) is 0 Å². The lowest BCUT2D eigenvalue weighted by Crippen LogP contribution is -1.99. The van der Waals surface area contributed by atoms with Gasteiger partial charge in [0, 0.05) is 6.20 Å². The van der Waals surface area contributed by atoms with Crippen molar-refractivity contribution in [2.24, 2.45) is 0 Å². The third kappa shape index (κ3) is 1.16. The SMILES string of the molecule is O=c1[nH]cc(-c2ccccc2)[nH]1. The number of aromatic amines is 2. The number of rotatable bonds is 1. The molecule has 0 spiro atoms. The molecule has 0 bridgehead atoms. The average Bonchev–Trinajstić information content (AvgIpc) is 2.54. The molecular formula is C9H8N2O. The van der Waals surface area contributed by atoms with Crippen molar-refractivity contribution in [2.45, 2.75) is 0 Å². The molecule has 1 heterocycles. The normalized spacial score (nSPS) is 10.0. The number of hydrogen-bond donors (Lipinski definition) is 2. The van der Waals surface area contributed by atoms with Gasteiger partial charge in [0.2, 0.25) is 0 Å². The van der Waals surface area contributed by atoms with Crippen LogP contribution in [0.5, 0.6) is 0 Å². The molecule has 0 amide bonds. The molecule has 0 saturated heterocycles. The van der Waals surface area contributed by atoms with E-state index in [0.717, 1.165) is 11.3 Å². The Hall–Kier alpha value is -1.77. The van der Waals surface area contributed by atoms with Crippen LogP contribution < -0.4 is 5.69 Å². The van der Waals surface area contributed by atoms with Gasteiger partial charge in [0.15, 0.2) is 0 Å². The standard InChI is InChI=1S/C9H8N2O/c12-9-10-6-8(11-9)7-4-2-1-3-5-7/h1-6H,(H2,10,11,12).